The molecule has 1 saturated heterocycles. The Morgan fingerprint density at radius 1 is 1.29 bits per heavy atom. The molecule has 2 amide bonds. The maximum atomic E-state index is 12.6. The Hall–Kier alpha value is -1.10. The lowest BCUT2D eigenvalue weighted by Crippen LogP contribution is -2.69. The van der Waals surface area contributed by atoms with Gasteiger partial charge in [0.05, 0.1) is 12.2 Å². The summed E-state index contributed by atoms with van der Waals surface area (Å²) in [5.41, 5.74) is -1.08. The minimum Gasteiger partial charge on any atom is -0.374 e. The van der Waals surface area contributed by atoms with Crippen LogP contribution in [0.5, 0.6) is 0 Å². The quantitative estimate of drug-likeness (QED) is 0.844. The average Bonchev–Trinajstić information content (AvgIpc) is 2.29. The van der Waals surface area contributed by atoms with E-state index in [4.69, 9.17) is 4.74 Å². The van der Waals surface area contributed by atoms with E-state index in [0.717, 1.165) is 0 Å². The molecule has 122 valence electrons. The topological polar surface area (TPSA) is 58.6 Å². The fourth-order valence-corrected chi connectivity index (χ4v) is 2.45. The monoisotopic (exact) mass is 298 g/mol. The largest absolute Gasteiger partial charge is 0.374 e. The third-order valence-electron chi connectivity index (χ3n) is 3.66. The summed E-state index contributed by atoms with van der Waals surface area (Å²) in [5.74, 6) is 0.252. The van der Waals surface area contributed by atoms with Crippen LogP contribution >= 0.6 is 0 Å². The molecule has 0 aliphatic carbocycles. The molecule has 0 aromatic rings. The van der Waals surface area contributed by atoms with Gasteiger partial charge in [0.25, 0.3) is 0 Å². The van der Waals surface area contributed by atoms with Gasteiger partial charge in [0.1, 0.15) is 11.6 Å². The van der Waals surface area contributed by atoms with Gasteiger partial charge in [-0.15, -0.1) is 0 Å². The molecule has 1 N–H and O–H groups in total. The fraction of sp³-hybridized carbons (Fsp3) is 0.875. The van der Waals surface area contributed by atoms with Gasteiger partial charge in [-0.3, -0.25) is 9.59 Å². The van der Waals surface area contributed by atoms with Crippen molar-refractivity contribution in [2.45, 2.75) is 72.1 Å². The van der Waals surface area contributed by atoms with Crippen molar-refractivity contribution in [1.29, 1.82) is 0 Å². The van der Waals surface area contributed by atoms with Crippen LogP contribution in [0.3, 0.4) is 0 Å². The van der Waals surface area contributed by atoms with E-state index in [9.17, 15) is 9.59 Å². The van der Waals surface area contributed by atoms with Crippen molar-refractivity contribution in [3.63, 3.8) is 0 Å². The van der Waals surface area contributed by atoms with Crippen LogP contribution in [0.2, 0.25) is 0 Å². The van der Waals surface area contributed by atoms with E-state index >= 15 is 0 Å². The van der Waals surface area contributed by atoms with Gasteiger partial charge in [-0.05, 0) is 47.0 Å². The Bertz CT molecular complexity index is 397. The van der Waals surface area contributed by atoms with Crippen molar-refractivity contribution in [2.75, 3.05) is 13.2 Å². The van der Waals surface area contributed by atoms with Crippen molar-refractivity contribution < 1.29 is 14.3 Å². The molecule has 1 aliphatic rings. The average molecular weight is 298 g/mol. The minimum absolute atomic E-state index is 0.00851. The molecule has 0 saturated carbocycles. The standard InChI is InChI=1S/C16H30N2O3/c1-11(2)10-12-13(19)18(8-9-21-15(3,4)5)16(6,7)14(20)17-12/h11-12H,8-10H2,1-7H3,(H,17,20). The molecule has 1 atom stereocenters. The van der Waals surface area contributed by atoms with E-state index in [2.05, 4.69) is 5.32 Å². The van der Waals surface area contributed by atoms with Crippen LogP contribution in [0.1, 0.15) is 54.9 Å². The fourth-order valence-electron chi connectivity index (χ4n) is 2.45. The third-order valence-corrected chi connectivity index (χ3v) is 3.66. The highest BCUT2D eigenvalue weighted by atomic mass is 16.5. The van der Waals surface area contributed by atoms with Crippen LogP contribution in [-0.2, 0) is 14.3 Å². The van der Waals surface area contributed by atoms with E-state index in [1.54, 1.807) is 18.7 Å². The number of piperazine rings is 1. The number of hydrogen-bond acceptors (Lipinski definition) is 3. The molecule has 21 heavy (non-hydrogen) atoms. The van der Waals surface area contributed by atoms with E-state index in [-0.39, 0.29) is 17.4 Å². The Morgan fingerprint density at radius 3 is 2.33 bits per heavy atom. The Morgan fingerprint density at radius 2 is 1.86 bits per heavy atom. The first-order valence-corrected chi connectivity index (χ1v) is 7.71. The highest BCUT2D eigenvalue weighted by Crippen LogP contribution is 2.23. The van der Waals surface area contributed by atoms with Crippen LogP contribution < -0.4 is 5.32 Å². The molecule has 5 nitrogen and oxygen atoms in total. The summed E-state index contributed by atoms with van der Waals surface area (Å²) in [7, 11) is 0. The van der Waals surface area contributed by atoms with Crippen LogP contribution in [-0.4, -0.2) is 47.0 Å². The molecular formula is C16H30N2O3. The number of rotatable bonds is 5. The Kier molecular flexibility index (Phi) is 5.42. The zero-order chi connectivity index (χ0) is 16.4. The van der Waals surface area contributed by atoms with E-state index in [1.165, 1.54) is 0 Å². The minimum atomic E-state index is -0.828. The number of nitrogens with zero attached hydrogens (tertiary/aromatic N) is 1. The molecule has 0 bridgehead atoms. The van der Waals surface area contributed by atoms with Gasteiger partial charge in [-0.1, -0.05) is 13.8 Å². The van der Waals surface area contributed by atoms with Crippen molar-refractivity contribution in [3.8, 4) is 0 Å². The third kappa shape index (κ3) is 4.70. The highest BCUT2D eigenvalue weighted by molar-refractivity contribution is 5.99. The Balaban J connectivity index is 2.80. The number of carbonyl (C=O) groups is 2. The van der Waals surface area contributed by atoms with Crippen LogP contribution in [0.4, 0.5) is 0 Å². The van der Waals surface area contributed by atoms with Crippen molar-refractivity contribution in [1.82, 2.24) is 10.2 Å². The van der Waals surface area contributed by atoms with Gasteiger partial charge in [-0.25, -0.2) is 0 Å². The first kappa shape index (κ1) is 18.0. The molecule has 5 heteroatoms. The number of carbonyl (C=O) groups excluding carboxylic acids is 2. The molecule has 0 aromatic heterocycles. The lowest BCUT2D eigenvalue weighted by atomic mass is 9.92. The smallest absolute Gasteiger partial charge is 0.246 e. The van der Waals surface area contributed by atoms with E-state index in [1.807, 2.05) is 34.6 Å². The summed E-state index contributed by atoms with van der Waals surface area (Å²) in [6, 6.07) is -0.417. The van der Waals surface area contributed by atoms with Crippen LogP contribution in [0.25, 0.3) is 0 Å². The molecule has 1 unspecified atom stereocenters. The predicted molar refractivity (Wildman–Crippen MR) is 82.9 cm³/mol. The molecule has 0 aromatic carbocycles. The maximum Gasteiger partial charge on any atom is 0.246 e. The van der Waals surface area contributed by atoms with Crippen molar-refractivity contribution >= 4 is 11.8 Å². The van der Waals surface area contributed by atoms with Gasteiger partial charge in [0.15, 0.2) is 0 Å². The van der Waals surface area contributed by atoms with Crippen LogP contribution in [0, 0.1) is 5.92 Å². The van der Waals surface area contributed by atoms with Gasteiger partial charge in [-0.2, -0.15) is 0 Å². The van der Waals surface area contributed by atoms with Gasteiger partial charge >= 0.3 is 0 Å². The molecule has 1 aliphatic heterocycles. The summed E-state index contributed by atoms with van der Waals surface area (Å²) in [6.07, 6.45) is 0.664. The summed E-state index contributed by atoms with van der Waals surface area (Å²) in [5, 5.41) is 2.85. The molecular weight excluding hydrogens is 268 g/mol. The molecule has 0 spiro atoms. The molecule has 1 rings (SSSR count). The second-order valence-electron chi connectivity index (χ2n) is 7.67. The second kappa shape index (κ2) is 6.34. The molecule has 1 heterocycles. The van der Waals surface area contributed by atoms with E-state index < -0.39 is 11.6 Å². The summed E-state index contributed by atoms with van der Waals surface area (Å²) in [4.78, 5) is 26.6. The zero-order valence-electron chi connectivity index (χ0n) is 14.4. The SMILES string of the molecule is CC(C)CC1NC(=O)C(C)(C)N(CCOC(C)(C)C)C1=O. The number of nitrogens with one attached hydrogen (secondary N) is 1. The Labute approximate surface area is 128 Å². The predicted octanol–water partition coefficient (Wildman–Crippen LogP) is 1.95. The van der Waals surface area contributed by atoms with Crippen molar-refractivity contribution in [2.24, 2.45) is 5.92 Å². The van der Waals surface area contributed by atoms with Crippen LogP contribution in [0.15, 0.2) is 0 Å². The second-order valence-corrected chi connectivity index (χ2v) is 7.67. The summed E-state index contributed by atoms with van der Waals surface area (Å²) < 4.78 is 5.70. The zero-order valence-corrected chi connectivity index (χ0v) is 14.4. The number of amides is 2. The number of ether oxygens (including phenoxy) is 1. The molecule has 1 fully saturated rings. The first-order valence-electron chi connectivity index (χ1n) is 7.71. The summed E-state index contributed by atoms with van der Waals surface area (Å²) in [6.45, 7) is 14.5. The van der Waals surface area contributed by atoms with Crippen molar-refractivity contribution in [3.05, 3.63) is 0 Å². The van der Waals surface area contributed by atoms with Gasteiger partial charge < -0.3 is 15.0 Å². The molecule has 0 radical (unpaired) electrons. The lowest BCUT2D eigenvalue weighted by molar-refractivity contribution is -0.157. The van der Waals surface area contributed by atoms with E-state index in [0.29, 0.717) is 25.5 Å². The first-order chi connectivity index (χ1) is 9.45. The number of hydrogen-bond donors (Lipinski definition) is 1. The van der Waals surface area contributed by atoms with Gasteiger partial charge in [0.2, 0.25) is 11.8 Å². The normalized spacial score (nSPS) is 22.7. The lowest BCUT2D eigenvalue weighted by Gasteiger charge is -2.44. The maximum absolute atomic E-state index is 12.6. The summed E-state index contributed by atoms with van der Waals surface area (Å²) >= 11 is 0. The highest BCUT2D eigenvalue weighted by Gasteiger charge is 2.46. The van der Waals surface area contributed by atoms with Gasteiger partial charge in [0, 0.05) is 6.54 Å².